The molecule has 142 valence electrons. The highest BCUT2D eigenvalue weighted by molar-refractivity contribution is 7.94. The number of sulfone groups is 1. The minimum Gasteiger partial charge on any atom is -0.303 e. The van der Waals surface area contributed by atoms with E-state index < -0.39 is 15.9 Å². The second kappa shape index (κ2) is 8.25. The van der Waals surface area contributed by atoms with E-state index in [0.29, 0.717) is 10.7 Å². The molecule has 0 spiro atoms. The standard InChI is InChI=1S/C20H21ClN2O3S/c1-15(16-7-9-17(21)10-8-16)22-13-20(24)23(18-5-3-2-4-6-18)19-11-12-27(25,26)14-19/h2-12,15,19,22H,13-14H2,1H3/t15-,19+/m1/s1. The minimum absolute atomic E-state index is 0.0494. The van der Waals surface area contributed by atoms with Crippen molar-refractivity contribution in [1.29, 1.82) is 0 Å². The summed E-state index contributed by atoms with van der Waals surface area (Å²) in [7, 11) is -3.27. The van der Waals surface area contributed by atoms with Gasteiger partial charge in [-0.2, -0.15) is 0 Å². The molecule has 1 heterocycles. The molecule has 1 aliphatic heterocycles. The zero-order valence-corrected chi connectivity index (χ0v) is 16.5. The molecule has 0 aliphatic carbocycles. The smallest absolute Gasteiger partial charge is 0.241 e. The summed E-state index contributed by atoms with van der Waals surface area (Å²) >= 11 is 5.91. The zero-order chi connectivity index (χ0) is 19.4. The van der Waals surface area contributed by atoms with Crippen molar-refractivity contribution in [3.05, 3.63) is 76.7 Å². The molecule has 1 amide bonds. The molecule has 2 atom stereocenters. The first-order valence-corrected chi connectivity index (χ1v) is 10.7. The van der Waals surface area contributed by atoms with Gasteiger partial charge in [0.2, 0.25) is 5.91 Å². The summed E-state index contributed by atoms with van der Waals surface area (Å²) in [4.78, 5) is 14.5. The van der Waals surface area contributed by atoms with Gasteiger partial charge in [0.1, 0.15) is 0 Å². The van der Waals surface area contributed by atoms with Crippen molar-refractivity contribution in [2.24, 2.45) is 0 Å². The van der Waals surface area contributed by atoms with E-state index in [1.807, 2.05) is 37.3 Å². The predicted octanol–water partition coefficient (Wildman–Crippen LogP) is 3.33. The zero-order valence-electron chi connectivity index (χ0n) is 14.9. The van der Waals surface area contributed by atoms with E-state index in [1.54, 1.807) is 35.2 Å². The second-order valence-electron chi connectivity index (χ2n) is 6.48. The Morgan fingerprint density at radius 1 is 1.19 bits per heavy atom. The van der Waals surface area contributed by atoms with Crippen molar-refractivity contribution in [2.75, 3.05) is 17.2 Å². The summed E-state index contributed by atoms with van der Waals surface area (Å²) in [6.45, 7) is 2.05. The molecule has 0 saturated carbocycles. The Bertz CT molecular complexity index is 927. The maximum absolute atomic E-state index is 12.9. The molecule has 0 aromatic heterocycles. The Labute approximate surface area is 164 Å². The molecule has 0 saturated heterocycles. The third kappa shape index (κ3) is 4.97. The average Bonchev–Trinajstić information content (AvgIpc) is 3.00. The number of halogens is 1. The van der Waals surface area contributed by atoms with Gasteiger partial charge in [0.05, 0.1) is 18.3 Å². The molecule has 0 unspecified atom stereocenters. The monoisotopic (exact) mass is 404 g/mol. The number of benzene rings is 2. The lowest BCUT2D eigenvalue weighted by Gasteiger charge is -2.28. The highest BCUT2D eigenvalue weighted by Gasteiger charge is 2.31. The summed E-state index contributed by atoms with van der Waals surface area (Å²) in [6, 6.07) is 16.0. The molecule has 0 bridgehead atoms. The molecular weight excluding hydrogens is 384 g/mol. The fourth-order valence-electron chi connectivity index (χ4n) is 3.02. The van der Waals surface area contributed by atoms with Gasteiger partial charge in [-0.25, -0.2) is 8.42 Å². The Kier molecular flexibility index (Phi) is 5.99. The van der Waals surface area contributed by atoms with Gasteiger partial charge in [-0.1, -0.05) is 41.9 Å². The van der Waals surface area contributed by atoms with Crippen LogP contribution in [0.5, 0.6) is 0 Å². The number of hydrogen-bond acceptors (Lipinski definition) is 4. The maximum Gasteiger partial charge on any atom is 0.241 e. The third-order valence-corrected chi connectivity index (χ3v) is 6.11. The Hall–Kier alpha value is -2.15. The van der Waals surface area contributed by atoms with Crippen LogP contribution in [-0.4, -0.2) is 32.7 Å². The molecule has 1 aliphatic rings. The lowest BCUT2D eigenvalue weighted by molar-refractivity contribution is -0.118. The van der Waals surface area contributed by atoms with E-state index in [1.165, 1.54) is 5.41 Å². The molecule has 3 rings (SSSR count). The van der Waals surface area contributed by atoms with Gasteiger partial charge in [-0.3, -0.25) is 4.79 Å². The molecule has 1 N–H and O–H groups in total. The first-order valence-electron chi connectivity index (χ1n) is 8.63. The fraction of sp³-hybridized carbons (Fsp3) is 0.250. The van der Waals surface area contributed by atoms with Crippen molar-refractivity contribution in [3.8, 4) is 0 Å². The van der Waals surface area contributed by atoms with Crippen molar-refractivity contribution < 1.29 is 13.2 Å². The van der Waals surface area contributed by atoms with Gasteiger partial charge in [-0.15, -0.1) is 0 Å². The highest BCUT2D eigenvalue weighted by Crippen LogP contribution is 2.23. The van der Waals surface area contributed by atoms with Crippen LogP contribution in [0.25, 0.3) is 0 Å². The van der Waals surface area contributed by atoms with Gasteiger partial charge >= 0.3 is 0 Å². The molecule has 7 heteroatoms. The summed E-state index contributed by atoms with van der Waals surface area (Å²) in [5.74, 6) is -0.283. The number of rotatable bonds is 6. The molecule has 2 aromatic rings. The largest absolute Gasteiger partial charge is 0.303 e. The number of hydrogen-bond donors (Lipinski definition) is 1. The number of nitrogens with zero attached hydrogens (tertiary/aromatic N) is 1. The molecule has 2 aromatic carbocycles. The van der Waals surface area contributed by atoms with E-state index in [4.69, 9.17) is 11.6 Å². The van der Waals surface area contributed by atoms with Gasteiger partial charge in [0.25, 0.3) is 0 Å². The third-order valence-electron chi connectivity index (χ3n) is 4.48. The normalized spacial score (nSPS) is 19.0. The van der Waals surface area contributed by atoms with E-state index in [2.05, 4.69) is 5.32 Å². The second-order valence-corrected chi connectivity index (χ2v) is 8.85. The van der Waals surface area contributed by atoms with Gasteiger partial charge in [0.15, 0.2) is 9.84 Å². The number of amides is 1. The van der Waals surface area contributed by atoms with Gasteiger partial charge < -0.3 is 10.2 Å². The molecule has 0 fully saturated rings. The first-order chi connectivity index (χ1) is 12.9. The Morgan fingerprint density at radius 3 is 2.44 bits per heavy atom. The first kappa shape index (κ1) is 19.6. The SMILES string of the molecule is C[C@@H](NCC(=O)N(c1ccccc1)[C@H]1C=CS(=O)(=O)C1)c1ccc(Cl)cc1. The minimum atomic E-state index is -3.27. The molecule has 27 heavy (non-hydrogen) atoms. The van der Waals surface area contributed by atoms with Crippen molar-refractivity contribution >= 4 is 33.0 Å². The lowest BCUT2D eigenvalue weighted by Crippen LogP contribution is -2.45. The average molecular weight is 405 g/mol. The highest BCUT2D eigenvalue weighted by atomic mass is 35.5. The van der Waals surface area contributed by atoms with Crippen molar-refractivity contribution in [2.45, 2.75) is 19.0 Å². The van der Waals surface area contributed by atoms with E-state index in [9.17, 15) is 13.2 Å². The predicted molar refractivity (Wildman–Crippen MR) is 109 cm³/mol. The van der Waals surface area contributed by atoms with Crippen LogP contribution in [0.2, 0.25) is 5.02 Å². The summed E-state index contributed by atoms with van der Waals surface area (Å²) in [6.07, 6.45) is 1.57. The van der Waals surface area contributed by atoms with E-state index in [0.717, 1.165) is 5.56 Å². The van der Waals surface area contributed by atoms with Crippen LogP contribution in [0.1, 0.15) is 18.5 Å². The van der Waals surface area contributed by atoms with E-state index >= 15 is 0 Å². The van der Waals surface area contributed by atoms with Gasteiger partial charge in [-0.05, 0) is 42.8 Å². The fourth-order valence-corrected chi connectivity index (χ4v) is 4.42. The van der Waals surface area contributed by atoms with E-state index in [-0.39, 0.29) is 24.2 Å². The quantitative estimate of drug-likeness (QED) is 0.801. The van der Waals surface area contributed by atoms with Crippen LogP contribution >= 0.6 is 11.6 Å². The lowest BCUT2D eigenvalue weighted by atomic mass is 10.1. The molecule has 5 nitrogen and oxygen atoms in total. The maximum atomic E-state index is 12.9. The van der Waals surface area contributed by atoms with Crippen molar-refractivity contribution in [3.63, 3.8) is 0 Å². The summed E-state index contributed by atoms with van der Waals surface area (Å²) in [5, 5.41) is 5.05. The number of carbonyl (C=O) groups excluding carboxylic acids is 1. The Balaban J connectivity index is 1.73. The van der Waals surface area contributed by atoms with Crippen LogP contribution < -0.4 is 10.2 Å². The molecule has 0 radical (unpaired) electrons. The van der Waals surface area contributed by atoms with Crippen LogP contribution in [0.15, 0.2) is 66.1 Å². The topological polar surface area (TPSA) is 66.5 Å². The summed E-state index contributed by atoms with van der Waals surface area (Å²) < 4.78 is 23.7. The number of nitrogens with one attached hydrogen (secondary N) is 1. The van der Waals surface area contributed by atoms with Crippen LogP contribution in [-0.2, 0) is 14.6 Å². The summed E-state index contributed by atoms with van der Waals surface area (Å²) in [5.41, 5.74) is 1.69. The molecular formula is C20H21ClN2O3S. The van der Waals surface area contributed by atoms with Crippen molar-refractivity contribution in [1.82, 2.24) is 5.32 Å². The number of para-hydroxylation sites is 1. The number of anilines is 1. The Morgan fingerprint density at radius 2 is 1.85 bits per heavy atom. The van der Waals surface area contributed by atoms with Crippen LogP contribution in [0.4, 0.5) is 5.69 Å². The van der Waals surface area contributed by atoms with Crippen LogP contribution in [0, 0.1) is 0 Å². The van der Waals surface area contributed by atoms with Crippen LogP contribution in [0.3, 0.4) is 0 Å². The van der Waals surface area contributed by atoms with Gasteiger partial charge in [0, 0.05) is 22.2 Å². The number of carbonyl (C=O) groups is 1.